The number of aliphatic hydroxyl groups excluding tert-OH is 1. The Balaban J connectivity index is 1.28. The number of nitrogens with zero attached hydrogens (tertiary/aromatic N) is 3. The molecule has 9 nitrogen and oxygen atoms in total. The van der Waals surface area contributed by atoms with Crippen LogP contribution in [0.1, 0.15) is 59.9 Å². The molecule has 1 atom stereocenters. The zero-order valence-electron chi connectivity index (χ0n) is 24.1. The van der Waals surface area contributed by atoms with E-state index in [1.807, 2.05) is 23.1 Å². The normalized spacial score (nSPS) is 16.4. The Morgan fingerprint density at radius 1 is 1.00 bits per heavy atom. The molecule has 3 N–H and O–H groups in total. The van der Waals surface area contributed by atoms with Crippen LogP contribution in [0.2, 0.25) is 0 Å². The largest absolute Gasteiger partial charge is 0.456 e. The van der Waals surface area contributed by atoms with Gasteiger partial charge in [-0.05, 0) is 74.2 Å². The van der Waals surface area contributed by atoms with Crippen molar-refractivity contribution >= 4 is 28.9 Å². The minimum Gasteiger partial charge on any atom is -0.456 e. The van der Waals surface area contributed by atoms with Crippen molar-refractivity contribution in [2.24, 2.45) is 0 Å². The van der Waals surface area contributed by atoms with E-state index in [4.69, 9.17) is 4.42 Å². The molecule has 41 heavy (non-hydrogen) atoms. The summed E-state index contributed by atoms with van der Waals surface area (Å²) in [6.45, 7) is 9.41. The summed E-state index contributed by atoms with van der Waals surface area (Å²) < 4.78 is 5.56. The summed E-state index contributed by atoms with van der Waals surface area (Å²) >= 11 is 0. The van der Waals surface area contributed by atoms with Gasteiger partial charge >= 0.3 is 0 Å². The lowest BCUT2D eigenvalue weighted by Crippen LogP contribution is -2.47. The molecule has 3 aromatic rings. The number of aryl methyl sites for hydroxylation is 2. The smallest absolute Gasteiger partial charge is 0.291 e. The lowest BCUT2D eigenvalue weighted by molar-refractivity contribution is -0.127. The third kappa shape index (κ3) is 6.92. The highest BCUT2D eigenvalue weighted by molar-refractivity contribution is 6.04. The van der Waals surface area contributed by atoms with Crippen molar-refractivity contribution in [3.8, 4) is 0 Å². The molecule has 218 valence electrons. The quantitative estimate of drug-likeness (QED) is 0.238. The molecule has 9 heteroatoms. The van der Waals surface area contributed by atoms with Gasteiger partial charge in [-0.25, -0.2) is 0 Å². The van der Waals surface area contributed by atoms with Gasteiger partial charge in [0.25, 0.3) is 5.91 Å². The van der Waals surface area contributed by atoms with Crippen molar-refractivity contribution in [1.82, 2.24) is 10.2 Å². The summed E-state index contributed by atoms with van der Waals surface area (Å²) in [6.07, 6.45) is 2.41. The predicted octanol–water partition coefficient (Wildman–Crippen LogP) is 4.32. The SMILES string of the molecule is CCc1ccccc1N1CCN(c2ccc([C@@H](O)NCCCN3CCCC3=O)cc2NC(=O)c2ccc(C)o2)CC1. The van der Waals surface area contributed by atoms with Crippen LogP contribution in [0.3, 0.4) is 0 Å². The van der Waals surface area contributed by atoms with Gasteiger partial charge < -0.3 is 29.5 Å². The molecule has 0 radical (unpaired) electrons. The molecule has 2 aromatic carbocycles. The molecule has 2 amide bonds. The maximum absolute atomic E-state index is 13.1. The lowest BCUT2D eigenvalue weighted by atomic mass is 10.1. The molecule has 0 unspecified atom stereocenters. The number of hydrogen-bond donors (Lipinski definition) is 3. The molecule has 5 rings (SSSR count). The third-order valence-corrected chi connectivity index (χ3v) is 8.00. The lowest BCUT2D eigenvalue weighted by Gasteiger charge is -2.39. The first kappa shape index (κ1) is 28.7. The third-order valence-electron chi connectivity index (χ3n) is 8.00. The number of nitrogens with one attached hydrogen (secondary N) is 2. The van der Waals surface area contributed by atoms with Gasteiger partial charge in [-0.3, -0.25) is 14.9 Å². The topological polar surface area (TPSA) is 101 Å². The molecule has 0 bridgehead atoms. The van der Waals surface area contributed by atoms with Crippen LogP contribution in [0.15, 0.2) is 59.0 Å². The minimum atomic E-state index is -0.901. The summed E-state index contributed by atoms with van der Waals surface area (Å²) in [7, 11) is 0. The molecule has 3 heterocycles. The minimum absolute atomic E-state index is 0.212. The number of carbonyl (C=O) groups is 2. The van der Waals surface area contributed by atoms with Gasteiger partial charge in [0.1, 0.15) is 12.0 Å². The van der Waals surface area contributed by atoms with E-state index in [0.717, 1.165) is 57.7 Å². The fourth-order valence-electron chi connectivity index (χ4n) is 5.71. The van der Waals surface area contributed by atoms with Gasteiger partial charge in [0.05, 0.1) is 11.4 Å². The summed E-state index contributed by atoms with van der Waals surface area (Å²) in [5.41, 5.74) is 4.84. The second-order valence-corrected chi connectivity index (χ2v) is 10.8. The molecule has 2 aliphatic rings. The van der Waals surface area contributed by atoms with Gasteiger partial charge in [0, 0.05) is 51.4 Å². The first-order valence-corrected chi connectivity index (χ1v) is 14.7. The summed E-state index contributed by atoms with van der Waals surface area (Å²) in [4.78, 5) is 31.5. The number of rotatable bonds is 11. The number of aliphatic hydroxyl groups is 1. The van der Waals surface area contributed by atoms with E-state index in [1.54, 1.807) is 19.1 Å². The number of likely N-dealkylation sites (tertiary alicyclic amines) is 1. The Morgan fingerprint density at radius 2 is 1.76 bits per heavy atom. The number of piperazine rings is 1. The van der Waals surface area contributed by atoms with E-state index in [2.05, 4.69) is 51.6 Å². The van der Waals surface area contributed by atoms with Gasteiger partial charge in [-0.15, -0.1) is 0 Å². The first-order chi connectivity index (χ1) is 19.9. The monoisotopic (exact) mass is 559 g/mol. The van der Waals surface area contributed by atoms with Crippen LogP contribution < -0.4 is 20.4 Å². The van der Waals surface area contributed by atoms with E-state index in [0.29, 0.717) is 36.5 Å². The van der Waals surface area contributed by atoms with Crippen LogP contribution in [0.25, 0.3) is 0 Å². The second kappa shape index (κ2) is 13.2. The Morgan fingerprint density at radius 3 is 2.44 bits per heavy atom. The number of anilines is 3. The number of hydrogen-bond acceptors (Lipinski definition) is 7. The highest BCUT2D eigenvalue weighted by atomic mass is 16.3. The summed E-state index contributed by atoms with van der Waals surface area (Å²) in [5, 5.41) is 17.1. The van der Waals surface area contributed by atoms with Crippen LogP contribution in [0.4, 0.5) is 17.1 Å². The Kier molecular flexibility index (Phi) is 9.26. The van der Waals surface area contributed by atoms with Crippen LogP contribution in [-0.2, 0) is 11.2 Å². The molecular weight excluding hydrogens is 518 g/mol. The van der Waals surface area contributed by atoms with Crippen molar-refractivity contribution < 1.29 is 19.1 Å². The van der Waals surface area contributed by atoms with Crippen molar-refractivity contribution in [2.75, 3.05) is 60.9 Å². The number of para-hydroxylation sites is 1. The van der Waals surface area contributed by atoms with Gasteiger partial charge in [-0.1, -0.05) is 31.2 Å². The van der Waals surface area contributed by atoms with E-state index in [1.165, 1.54) is 11.3 Å². The Hall–Kier alpha value is -3.82. The van der Waals surface area contributed by atoms with Crippen molar-refractivity contribution in [1.29, 1.82) is 0 Å². The number of furan rings is 1. The van der Waals surface area contributed by atoms with Crippen LogP contribution in [-0.4, -0.2) is 67.6 Å². The number of benzene rings is 2. The van der Waals surface area contributed by atoms with E-state index >= 15 is 0 Å². The van der Waals surface area contributed by atoms with Crippen molar-refractivity contribution in [2.45, 2.75) is 45.8 Å². The summed E-state index contributed by atoms with van der Waals surface area (Å²) in [5.74, 6) is 0.797. The van der Waals surface area contributed by atoms with Crippen LogP contribution in [0, 0.1) is 6.92 Å². The molecule has 0 aliphatic carbocycles. The van der Waals surface area contributed by atoms with Gasteiger partial charge in [0.15, 0.2) is 5.76 Å². The molecule has 1 aromatic heterocycles. The highest BCUT2D eigenvalue weighted by Crippen LogP contribution is 2.32. The molecule has 2 saturated heterocycles. The number of carbonyl (C=O) groups excluding carboxylic acids is 2. The maximum atomic E-state index is 13.1. The average molecular weight is 560 g/mol. The van der Waals surface area contributed by atoms with Gasteiger partial charge in [0.2, 0.25) is 5.91 Å². The fourth-order valence-corrected chi connectivity index (χ4v) is 5.71. The second-order valence-electron chi connectivity index (χ2n) is 10.8. The van der Waals surface area contributed by atoms with Crippen molar-refractivity contribution in [3.63, 3.8) is 0 Å². The molecule has 2 fully saturated rings. The average Bonchev–Trinajstić information content (AvgIpc) is 3.62. The van der Waals surface area contributed by atoms with Gasteiger partial charge in [-0.2, -0.15) is 0 Å². The standard InChI is InChI=1S/C32H41N5O4/c1-3-24-8-4-5-9-27(24)35-18-20-36(21-19-35)28-13-12-25(22-26(28)34-32(40)29-14-11-23(2)41-29)31(39)33-15-7-17-37-16-6-10-30(37)38/h4-5,8-9,11-14,22,31,33,39H,3,6-7,10,15-21H2,1-2H3,(H,34,40)/t31-/m1/s1. The molecule has 2 aliphatic heterocycles. The van der Waals surface area contributed by atoms with Crippen molar-refractivity contribution in [3.05, 3.63) is 77.2 Å². The zero-order chi connectivity index (χ0) is 28.8. The first-order valence-electron chi connectivity index (χ1n) is 14.7. The fraction of sp³-hybridized carbons (Fsp3) is 0.438. The highest BCUT2D eigenvalue weighted by Gasteiger charge is 2.24. The number of amides is 2. The Bertz CT molecular complexity index is 1350. The molecule has 0 saturated carbocycles. The van der Waals surface area contributed by atoms with E-state index in [9.17, 15) is 14.7 Å². The predicted molar refractivity (Wildman–Crippen MR) is 161 cm³/mol. The van der Waals surface area contributed by atoms with Crippen LogP contribution in [0.5, 0.6) is 0 Å². The Labute approximate surface area is 242 Å². The summed E-state index contributed by atoms with van der Waals surface area (Å²) in [6, 6.07) is 17.7. The van der Waals surface area contributed by atoms with Crippen LogP contribution >= 0.6 is 0 Å². The molecule has 0 spiro atoms. The van der Waals surface area contributed by atoms with E-state index < -0.39 is 6.23 Å². The molecular formula is C32H41N5O4. The zero-order valence-corrected chi connectivity index (χ0v) is 24.1. The van der Waals surface area contributed by atoms with E-state index in [-0.39, 0.29) is 17.6 Å². The maximum Gasteiger partial charge on any atom is 0.291 e.